The number of halogens is 1. The van der Waals surface area contributed by atoms with Gasteiger partial charge in [0.1, 0.15) is 23.6 Å². The number of aromatic nitrogens is 4. The highest BCUT2D eigenvalue weighted by Crippen LogP contribution is 2.32. The van der Waals surface area contributed by atoms with Gasteiger partial charge in [-0.15, -0.1) is 0 Å². The molecule has 0 bridgehead atoms. The van der Waals surface area contributed by atoms with Crippen molar-refractivity contribution in [2.75, 3.05) is 19.5 Å². The van der Waals surface area contributed by atoms with Gasteiger partial charge in [0.05, 0.1) is 37.2 Å². The van der Waals surface area contributed by atoms with E-state index < -0.39 is 0 Å². The smallest absolute Gasteiger partial charge is 0.168 e. The second-order valence-electron chi connectivity index (χ2n) is 5.68. The summed E-state index contributed by atoms with van der Waals surface area (Å²) in [6.45, 7) is 0. The molecule has 0 saturated heterocycles. The standard InChI is InChI=1S/C19H16ClN5O2/c1-26-14-6-4-13(5-7-14)25-19-15(10-23-25)18(21-11-22-19)24-16-9-12(20)3-8-17(16)27-2/h3-11H,1-2H3,(H,21,22,24). The maximum Gasteiger partial charge on any atom is 0.168 e. The Morgan fingerprint density at radius 2 is 1.81 bits per heavy atom. The van der Waals surface area contributed by atoms with Crippen LogP contribution in [0.4, 0.5) is 11.5 Å². The molecule has 0 aliphatic heterocycles. The minimum absolute atomic E-state index is 0.595. The summed E-state index contributed by atoms with van der Waals surface area (Å²) in [5.41, 5.74) is 2.26. The molecule has 7 nitrogen and oxygen atoms in total. The summed E-state index contributed by atoms with van der Waals surface area (Å²) in [4.78, 5) is 8.73. The van der Waals surface area contributed by atoms with Gasteiger partial charge >= 0.3 is 0 Å². The molecule has 4 rings (SSSR count). The number of hydrogen-bond acceptors (Lipinski definition) is 6. The number of hydrogen-bond donors (Lipinski definition) is 1. The van der Waals surface area contributed by atoms with Crippen molar-refractivity contribution in [3.63, 3.8) is 0 Å². The van der Waals surface area contributed by atoms with Gasteiger partial charge in [0.2, 0.25) is 0 Å². The van der Waals surface area contributed by atoms with E-state index >= 15 is 0 Å². The Hall–Kier alpha value is -3.32. The van der Waals surface area contributed by atoms with Gasteiger partial charge in [0, 0.05) is 5.02 Å². The van der Waals surface area contributed by atoms with E-state index in [4.69, 9.17) is 21.1 Å². The van der Waals surface area contributed by atoms with Gasteiger partial charge < -0.3 is 14.8 Å². The van der Waals surface area contributed by atoms with E-state index in [1.54, 1.807) is 43.3 Å². The minimum atomic E-state index is 0.595. The second-order valence-corrected chi connectivity index (χ2v) is 6.12. The third-order valence-electron chi connectivity index (χ3n) is 4.10. The van der Waals surface area contributed by atoms with Crippen molar-refractivity contribution in [2.45, 2.75) is 0 Å². The molecule has 0 atom stereocenters. The lowest BCUT2D eigenvalue weighted by Gasteiger charge is -2.11. The molecular formula is C19H16ClN5O2. The quantitative estimate of drug-likeness (QED) is 0.557. The van der Waals surface area contributed by atoms with E-state index in [0.29, 0.717) is 27.9 Å². The van der Waals surface area contributed by atoms with E-state index in [9.17, 15) is 0 Å². The van der Waals surface area contributed by atoms with Crippen molar-refractivity contribution in [2.24, 2.45) is 0 Å². The summed E-state index contributed by atoms with van der Waals surface area (Å²) in [7, 11) is 3.24. The number of benzene rings is 2. The van der Waals surface area contributed by atoms with Crippen molar-refractivity contribution in [3.05, 3.63) is 60.0 Å². The highest BCUT2D eigenvalue weighted by atomic mass is 35.5. The van der Waals surface area contributed by atoms with Gasteiger partial charge in [-0.3, -0.25) is 0 Å². The fourth-order valence-electron chi connectivity index (χ4n) is 2.76. The lowest BCUT2D eigenvalue weighted by Crippen LogP contribution is -2.00. The minimum Gasteiger partial charge on any atom is -0.497 e. The Kier molecular flexibility index (Phi) is 4.52. The third-order valence-corrected chi connectivity index (χ3v) is 4.33. The molecule has 0 spiro atoms. The molecule has 2 aromatic carbocycles. The average Bonchev–Trinajstić information content (AvgIpc) is 3.13. The SMILES string of the molecule is COc1ccc(-n2ncc3c(Nc4cc(Cl)ccc4OC)ncnc32)cc1. The van der Waals surface area contributed by atoms with Crippen LogP contribution in [0.2, 0.25) is 5.02 Å². The monoisotopic (exact) mass is 381 g/mol. The summed E-state index contributed by atoms with van der Waals surface area (Å²) in [6, 6.07) is 12.9. The molecule has 2 aromatic heterocycles. The molecule has 27 heavy (non-hydrogen) atoms. The van der Waals surface area contributed by atoms with Crippen LogP contribution in [0.5, 0.6) is 11.5 Å². The summed E-state index contributed by atoms with van der Waals surface area (Å²) >= 11 is 6.11. The van der Waals surface area contributed by atoms with E-state index in [1.165, 1.54) is 6.33 Å². The largest absolute Gasteiger partial charge is 0.497 e. The molecular weight excluding hydrogens is 366 g/mol. The molecule has 0 aliphatic rings. The molecule has 4 aromatic rings. The summed E-state index contributed by atoms with van der Waals surface area (Å²) in [5.74, 6) is 2.05. The zero-order valence-electron chi connectivity index (χ0n) is 14.7. The fraction of sp³-hybridized carbons (Fsp3) is 0.105. The van der Waals surface area contributed by atoms with Crippen molar-refractivity contribution in [3.8, 4) is 17.2 Å². The number of nitrogens with one attached hydrogen (secondary N) is 1. The van der Waals surface area contributed by atoms with Crippen molar-refractivity contribution in [1.29, 1.82) is 0 Å². The maximum absolute atomic E-state index is 6.11. The van der Waals surface area contributed by atoms with Crippen LogP contribution in [0.15, 0.2) is 55.0 Å². The molecule has 0 unspecified atom stereocenters. The molecule has 0 radical (unpaired) electrons. The van der Waals surface area contributed by atoms with E-state index in [-0.39, 0.29) is 0 Å². The summed E-state index contributed by atoms with van der Waals surface area (Å²) < 4.78 is 12.3. The summed E-state index contributed by atoms with van der Waals surface area (Å²) in [5, 5.41) is 9.08. The zero-order valence-corrected chi connectivity index (χ0v) is 15.4. The van der Waals surface area contributed by atoms with Crippen LogP contribution in [-0.4, -0.2) is 34.0 Å². The Balaban J connectivity index is 1.75. The van der Waals surface area contributed by atoms with Crippen LogP contribution in [0, 0.1) is 0 Å². The van der Waals surface area contributed by atoms with Gasteiger partial charge in [-0.25, -0.2) is 14.6 Å². The van der Waals surface area contributed by atoms with Crippen LogP contribution in [-0.2, 0) is 0 Å². The molecule has 136 valence electrons. The Morgan fingerprint density at radius 3 is 2.56 bits per heavy atom. The van der Waals surface area contributed by atoms with Crippen LogP contribution >= 0.6 is 11.6 Å². The molecule has 1 N–H and O–H groups in total. The van der Waals surface area contributed by atoms with E-state index in [0.717, 1.165) is 16.8 Å². The lowest BCUT2D eigenvalue weighted by atomic mass is 10.2. The Labute approximate surface area is 160 Å². The van der Waals surface area contributed by atoms with Crippen molar-refractivity contribution in [1.82, 2.24) is 19.7 Å². The number of nitrogens with zero attached hydrogens (tertiary/aromatic N) is 4. The van der Waals surface area contributed by atoms with Gasteiger partial charge in [-0.05, 0) is 42.5 Å². The van der Waals surface area contributed by atoms with Gasteiger partial charge in [0.25, 0.3) is 0 Å². The predicted molar refractivity (Wildman–Crippen MR) is 104 cm³/mol. The number of methoxy groups -OCH3 is 2. The van der Waals surface area contributed by atoms with E-state index in [2.05, 4.69) is 20.4 Å². The summed E-state index contributed by atoms with van der Waals surface area (Å²) in [6.07, 6.45) is 3.21. The molecule has 0 aliphatic carbocycles. The predicted octanol–water partition coefficient (Wildman–Crippen LogP) is 4.23. The third kappa shape index (κ3) is 3.24. The van der Waals surface area contributed by atoms with Crippen molar-refractivity contribution < 1.29 is 9.47 Å². The van der Waals surface area contributed by atoms with Crippen LogP contribution in [0.25, 0.3) is 16.7 Å². The second kappa shape index (κ2) is 7.13. The Bertz CT molecular complexity index is 1100. The maximum atomic E-state index is 6.11. The topological polar surface area (TPSA) is 74.1 Å². The first-order chi connectivity index (χ1) is 13.2. The first-order valence-corrected chi connectivity index (χ1v) is 8.51. The van der Waals surface area contributed by atoms with Crippen LogP contribution in [0.1, 0.15) is 0 Å². The number of anilines is 2. The van der Waals surface area contributed by atoms with Gasteiger partial charge in [-0.2, -0.15) is 5.10 Å². The first kappa shape index (κ1) is 17.1. The zero-order chi connectivity index (χ0) is 18.8. The van der Waals surface area contributed by atoms with E-state index in [1.807, 2.05) is 24.3 Å². The lowest BCUT2D eigenvalue weighted by molar-refractivity contribution is 0.414. The van der Waals surface area contributed by atoms with Crippen LogP contribution < -0.4 is 14.8 Å². The molecule has 0 amide bonds. The van der Waals surface area contributed by atoms with Crippen LogP contribution in [0.3, 0.4) is 0 Å². The Morgan fingerprint density at radius 1 is 1.00 bits per heavy atom. The average molecular weight is 382 g/mol. The van der Waals surface area contributed by atoms with Crippen molar-refractivity contribution >= 4 is 34.1 Å². The normalized spacial score (nSPS) is 10.8. The highest BCUT2D eigenvalue weighted by molar-refractivity contribution is 6.31. The number of ether oxygens (including phenoxy) is 2. The molecule has 8 heteroatoms. The van der Waals surface area contributed by atoms with Gasteiger partial charge in [-0.1, -0.05) is 11.6 Å². The number of rotatable bonds is 5. The fourth-order valence-corrected chi connectivity index (χ4v) is 2.93. The molecule has 2 heterocycles. The highest BCUT2D eigenvalue weighted by Gasteiger charge is 2.13. The number of fused-ring (bicyclic) bond motifs is 1. The van der Waals surface area contributed by atoms with Gasteiger partial charge in [0.15, 0.2) is 5.65 Å². The molecule has 0 fully saturated rings. The first-order valence-electron chi connectivity index (χ1n) is 8.13. The molecule has 0 saturated carbocycles.